The zero-order valence-electron chi connectivity index (χ0n) is 15.9. The maximum absolute atomic E-state index is 4.24. The van der Waals surface area contributed by atoms with Crippen LogP contribution in [-0.4, -0.2) is 4.98 Å². The highest BCUT2D eigenvalue weighted by molar-refractivity contribution is 5.78. The van der Waals surface area contributed by atoms with Crippen LogP contribution >= 0.6 is 0 Å². The molecule has 0 saturated heterocycles. The van der Waals surface area contributed by atoms with Crippen molar-refractivity contribution in [3.63, 3.8) is 0 Å². The van der Waals surface area contributed by atoms with E-state index in [1.165, 1.54) is 5.56 Å². The fourth-order valence-electron chi connectivity index (χ4n) is 3.20. The Morgan fingerprint density at radius 2 is 1.14 bits per heavy atom. The lowest BCUT2D eigenvalue weighted by Gasteiger charge is -2.25. The molecule has 0 aliphatic carbocycles. The van der Waals surface area contributed by atoms with Crippen LogP contribution in [0.3, 0.4) is 0 Å². The number of para-hydroxylation sites is 2. The van der Waals surface area contributed by atoms with Gasteiger partial charge in [-0.3, -0.25) is 4.98 Å². The van der Waals surface area contributed by atoms with Gasteiger partial charge >= 0.3 is 0 Å². The van der Waals surface area contributed by atoms with Gasteiger partial charge < -0.3 is 4.90 Å². The molecule has 0 saturated carbocycles. The van der Waals surface area contributed by atoms with Crippen LogP contribution in [0.1, 0.15) is 16.8 Å². The van der Waals surface area contributed by atoms with Crippen molar-refractivity contribution in [3.05, 3.63) is 120 Å². The van der Waals surface area contributed by atoms with E-state index in [2.05, 4.69) is 101 Å². The maximum atomic E-state index is 4.24. The van der Waals surface area contributed by atoms with Crippen molar-refractivity contribution in [1.82, 2.24) is 4.98 Å². The van der Waals surface area contributed by atoms with Crippen molar-refractivity contribution in [2.24, 2.45) is 0 Å². The highest BCUT2D eigenvalue weighted by Crippen LogP contribution is 2.34. The van der Waals surface area contributed by atoms with Gasteiger partial charge in [-0.05, 0) is 66.6 Å². The molecule has 0 aliphatic heterocycles. The van der Waals surface area contributed by atoms with E-state index in [0.717, 1.165) is 28.3 Å². The molecular formula is C26H22N2. The highest BCUT2D eigenvalue weighted by Gasteiger charge is 2.11. The second-order valence-electron chi connectivity index (χ2n) is 6.66. The molecule has 1 heterocycles. The van der Waals surface area contributed by atoms with E-state index in [4.69, 9.17) is 0 Å². The van der Waals surface area contributed by atoms with Crippen LogP contribution in [0.4, 0.5) is 17.1 Å². The number of anilines is 3. The normalized spacial score (nSPS) is 10.9. The molecule has 0 bridgehead atoms. The minimum atomic E-state index is 1.03. The first-order chi connectivity index (χ1) is 13.8. The number of nitrogens with zero attached hydrogens (tertiary/aromatic N) is 2. The quantitative estimate of drug-likeness (QED) is 0.379. The Balaban J connectivity index is 1.63. The lowest BCUT2D eigenvalue weighted by atomic mass is 10.1. The lowest BCUT2D eigenvalue weighted by molar-refractivity contribution is 1.20. The zero-order chi connectivity index (χ0) is 19.2. The van der Waals surface area contributed by atoms with E-state index < -0.39 is 0 Å². The Bertz CT molecular complexity index is 1010. The average molecular weight is 362 g/mol. The van der Waals surface area contributed by atoms with Gasteiger partial charge in [0, 0.05) is 29.0 Å². The number of hydrogen-bond donors (Lipinski definition) is 0. The number of pyridine rings is 1. The predicted molar refractivity (Wildman–Crippen MR) is 119 cm³/mol. The molecule has 1 aromatic heterocycles. The third kappa shape index (κ3) is 4.18. The van der Waals surface area contributed by atoms with Gasteiger partial charge in [-0.1, -0.05) is 60.7 Å². The van der Waals surface area contributed by atoms with E-state index in [1.807, 2.05) is 31.3 Å². The molecule has 0 aliphatic rings. The van der Waals surface area contributed by atoms with Gasteiger partial charge in [-0.15, -0.1) is 0 Å². The zero-order valence-corrected chi connectivity index (χ0v) is 15.9. The van der Waals surface area contributed by atoms with Gasteiger partial charge in [0.25, 0.3) is 0 Å². The van der Waals surface area contributed by atoms with Gasteiger partial charge in [-0.25, -0.2) is 0 Å². The number of hydrogen-bond acceptors (Lipinski definition) is 2. The summed E-state index contributed by atoms with van der Waals surface area (Å²) in [4.78, 5) is 6.51. The monoisotopic (exact) mass is 362 g/mol. The standard InChI is InChI=1S/C26H22N2/c1-21-20-23(18-19-27-21)13-12-22-14-16-26(17-15-22)28(24-8-4-2-5-9-24)25-10-6-3-7-11-25/h2-20H,1H3/b13-12+. The molecule has 3 aromatic carbocycles. The number of aryl methyl sites for hydroxylation is 1. The first-order valence-electron chi connectivity index (χ1n) is 9.41. The van der Waals surface area contributed by atoms with Gasteiger partial charge in [0.05, 0.1) is 0 Å². The molecule has 0 radical (unpaired) electrons. The van der Waals surface area contributed by atoms with Crippen LogP contribution in [-0.2, 0) is 0 Å². The summed E-state index contributed by atoms with van der Waals surface area (Å²) in [5.41, 5.74) is 6.77. The first-order valence-corrected chi connectivity index (χ1v) is 9.41. The molecule has 0 spiro atoms. The van der Waals surface area contributed by atoms with Gasteiger partial charge in [0.2, 0.25) is 0 Å². The van der Waals surface area contributed by atoms with E-state index >= 15 is 0 Å². The van der Waals surface area contributed by atoms with E-state index in [9.17, 15) is 0 Å². The predicted octanol–water partition coefficient (Wildman–Crippen LogP) is 7.03. The summed E-state index contributed by atoms with van der Waals surface area (Å²) in [5.74, 6) is 0. The lowest BCUT2D eigenvalue weighted by Crippen LogP contribution is -2.09. The summed E-state index contributed by atoms with van der Waals surface area (Å²) in [6, 6.07) is 33.6. The van der Waals surface area contributed by atoms with Crippen LogP contribution in [0.25, 0.3) is 12.2 Å². The van der Waals surface area contributed by atoms with Gasteiger partial charge in [0.1, 0.15) is 0 Å². The van der Waals surface area contributed by atoms with Crippen LogP contribution in [0.2, 0.25) is 0 Å². The number of benzene rings is 3. The Labute approximate surface area is 166 Å². The third-order valence-electron chi connectivity index (χ3n) is 4.57. The largest absolute Gasteiger partial charge is 0.311 e. The van der Waals surface area contributed by atoms with E-state index in [-0.39, 0.29) is 0 Å². The molecular weight excluding hydrogens is 340 g/mol. The Hall–Kier alpha value is -3.65. The van der Waals surface area contributed by atoms with Crippen LogP contribution in [0.5, 0.6) is 0 Å². The maximum Gasteiger partial charge on any atom is 0.0462 e. The fourth-order valence-corrected chi connectivity index (χ4v) is 3.20. The summed E-state index contributed by atoms with van der Waals surface area (Å²) in [5, 5.41) is 0. The molecule has 0 atom stereocenters. The molecule has 28 heavy (non-hydrogen) atoms. The third-order valence-corrected chi connectivity index (χ3v) is 4.57. The van der Waals surface area contributed by atoms with E-state index in [1.54, 1.807) is 0 Å². The Morgan fingerprint density at radius 1 is 0.607 bits per heavy atom. The summed E-state index contributed by atoms with van der Waals surface area (Å²) < 4.78 is 0. The summed E-state index contributed by atoms with van der Waals surface area (Å²) in [7, 11) is 0. The minimum Gasteiger partial charge on any atom is -0.311 e. The fraction of sp³-hybridized carbons (Fsp3) is 0.0385. The van der Waals surface area contributed by atoms with Crippen molar-refractivity contribution in [3.8, 4) is 0 Å². The first kappa shape index (κ1) is 17.7. The summed E-state index contributed by atoms with van der Waals surface area (Å²) in [6.07, 6.45) is 6.10. The number of aromatic nitrogens is 1. The second kappa shape index (κ2) is 8.36. The SMILES string of the molecule is Cc1cc(/C=C/c2ccc(N(c3ccccc3)c3ccccc3)cc2)ccn1. The molecule has 0 fully saturated rings. The van der Waals surface area contributed by atoms with Crippen LogP contribution in [0.15, 0.2) is 103 Å². The molecule has 136 valence electrons. The van der Waals surface area contributed by atoms with Gasteiger partial charge in [-0.2, -0.15) is 0 Å². The molecule has 4 rings (SSSR count). The Morgan fingerprint density at radius 3 is 1.71 bits per heavy atom. The summed E-state index contributed by atoms with van der Waals surface area (Å²) in [6.45, 7) is 2.01. The van der Waals surface area contributed by atoms with Crippen molar-refractivity contribution in [2.45, 2.75) is 6.92 Å². The van der Waals surface area contributed by atoms with E-state index in [0.29, 0.717) is 0 Å². The van der Waals surface area contributed by atoms with Crippen LogP contribution in [0, 0.1) is 6.92 Å². The minimum absolute atomic E-state index is 1.03. The number of rotatable bonds is 5. The molecule has 2 nitrogen and oxygen atoms in total. The van der Waals surface area contributed by atoms with Crippen molar-refractivity contribution >= 4 is 29.2 Å². The smallest absolute Gasteiger partial charge is 0.0462 e. The topological polar surface area (TPSA) is 16.1 Å². The van der Waals surface area contributed by atoms with Crippen molar-refractivity contribution < 1.29 is 0 Å². The van der Waals surface area contributed by atoms with Crippen molar-refractivity contribution in [2.75, 3.05) is 4.90 Å². The summed E-state index contributed by atoms with van der Waals surface area (Å²) >= 11 is 0. The van der Waals surface area contributed by atoms with Crippen LogP contribution < -0.4 is 4.90 Å². The molecule has 0 unspecified atom stereocenters. The molecule has 0 N–H and O–H groups in total. The molecule has 0 amide bonds. The molecule has 4 aromatic rings. The van der Waals surface area contributed by atoms with Crippen molar-refractivity contribution in [1.29, 1.82) is 0 Å². The molecule has 2 heteroatoms. The van der Waals surface area contributed by atoms with Gasteiger partial charge in [0.15, 0.2) is 0 Å². The second-order valence-corrected chi connectivity index (χ2v) is 6.66. The highest BCUT2D eigenvalue weighted by atomic mass is 15.1. The Kier molecular flexibility index (Phi) is 5.30. The average Bonchev–Trinajstić information content (AvgIpc) is 2.75.